The molecule has 0 bridgehead atoms. The molecule has 0 aliphatic carbocycles. The van der Waals surface area contributed by atoms with Crippen molar-refractivity contribution in [2.45, 2.75) is 39.8 Å². The lowest BCUT2D eigenvalue weighted by molar-refractivity contribution is 0.0637. The Morgan fingerprint density at radius 3 is 2.58 bits per heavy atom. The molecule has 3 nitrogen and oxygen atoms in total. The third kappa shape index (κ3) is 4.28. The number of hydrogen-bond acceptors (Lipinski definition) is 3. The van der Waals surface area contributed by atoms with Gasteiger partial charge in [-0.2, -0.15) is 0 Å². The van der Waals surface area contributed by atoms with Gasteiger partial charge in [0.15, 0.2) is 5.60 Å². The molecule has 0 aliphatic heterocycles. The highest BCUT2D eigenvalue weighted by Gasteiger charge is 2.26. The summed E-state index contributed by atoms with van der Waals surface area (Å²) in [5.41, 5.74) is 1.82. The molecule has 0 aromatic heterocycles. The summed E-state index contributed by atoms with van der Waals surface area (Å²) in [6.07, 6.45) is 0. The summed E-state index contributed by atoms with van der Waals surface area (Å²) in [7, 11) is 1.94. The van der Waals surface area contributed by atoms with E-state index in [-0.39, 0.29) is 0 Å². The Balaban J connectivity index is 2.84. The molecule has 0 heterocycles. The van der Waals surface area contributed by atoms with Gasteiger partial charge in [0.1, 0.15) is 11.5 Å². The van der Waals surface area contributed by atoms with Gasteiger partial charge in [0.05, 0.1) is 6.61 Å². The summed E-state index contributed by atoms with van der Waals surface area (Å²) in [5, 5.41) is 3.14. The third-order valence-electron chi connectivity index (χ3n) is 2.98. The average molecular weight is 263 g/mol. The number of rotatable bonds is 7. The van der Waals surface area contributed by atoms with Crippen molar-refractivity contribution in [3.63, 3.8) is 0 Å². The second-order valence-corrected chi connectivity index (χ2v) is 5.10. The number of hydrogen-bond donors (Lipinski definition) is 1. The molecule has 1 aromatic rings. The largest absolute Gasteiger partial charge is 0.495 e. The van der Waals surface area contributed by atoms with Gasteiger partial charge in [-0.15, -0.1) is 0 Å². The highest BCUT2D eigenvalue weighted by atomic mass is 16.5. The van der Waals surface area contributed by atoms with Gasteiger partial charge in [0.25, 0.3) is 0 Å². The molecule has 1 N–H and O–H groups in total. The molecular weight excluding hydrogens is 238 g/mol. The van der Waals surface area contributed by atoms with E-state index in [0.29, 0.717) is 12.4 Å². The Hall–Kier alpha value is -1.48. The second kappa shape index (κ2) is 6.62. The van der Waals surface area contributed by atoms with Gasteiger partial charge < -0.3 is 14.8 Å². The van der Waals surface area contributed by atoms with Crippen LogP contribution in [0.4, 0.5) is 0 Å². The fourth-order valence-electron chi connectivity index (χ4n) is 1.82. The van der Waals surface area contributed by atoms with Crippen LogP contribution in [0.25, 0.3) is 0 Å². The van der Waals surface area contributed by atoms with E-state index in [2.05, 4.69) is 24.0 Å². The smallest absolute Gasteiger partial charge is 0.159 e. The predicted molar refractivity (Wildman–Crippen MR) is 79.4 cm³/mol. The van der Waals surface area contributed by atoms with E-state index in [1.54, 1.807) is 0 Å². The predicted octanol–water partition coefficient (Wildman–Crippen LogP) is 3.42. The molecule has 1 rings (SSSR count). The Labute approximate surface area is 116 Å². The minimum absolute atomic E-state index is 0.536. The number of benzene rings is 1. The van der Waals surface area contributed by atoms with Crippen molar-refractivity contribution in [2.75, 3.05) is 13.7 Å². The van der Waals surface area contributed by atoms with Crippen molar-refractivity contribution in [3.05, 3.63) is 41.7 Å². The maximum atomic E-state index is 6.04. The molecule has 19 heavy (non-hydrogen) atoms. The summed E-state index contributed by atoms with van der Waals surface area (Å²) < 4.78 is 11.5. The zero-order valence-electron chi connectivity index (χ0n) is 12.7. The molecule has 0 unspecified atom stereocenters. The van der Waals surface area contributed by atoms with Gasteiger partial charge in [-0.1, -0.05) is 18.7 Å². The molecule has 0 saturated heterocycles. The Morgan fingerprint density at radius 2 is 2.05 bits per heavy atom. The first-order valence-electron chi connectivity index (χ1n) is 6.66. The minimum Gasteiger partial charge on any atom is -0.495 e. The molecule has 0 saturated carbocycles. The van der Waals surface area contributed by atoms with E-state index in [0.717, 1.165) is 17.9 Å². The monoisotopic (exact) mass is 263 g/mol. The highest BCUT2D eigenvalue weighted by molar-refractivity contribution is 5.37. The molecule has 0 fully saturated rings. The first-order valence-corrected chi connectivity index (χ1v) is 6.66. The summed E-state index contributed by atoms with van der Waals surface area (Å²) in [5.74, 6) is 1.51. The van der Waals surface area contributed by atoms with Crippen molar-refractivity contribution >= 4 is 0 Å². The fourth-order valence-corrected chi connectivity index (χ4v) is 1.82. The minimum atomic E-state index is -0.536. The van der Waals surface area contributed by atoms with Crippen LogP contribution in [0.3, 0.4) is 0 Å². The number of aryl methyl sites for hydroxylation is 1. The fraction of sp³-hybridized carbons (Fsp3) is 0.500. The summed E-state index contributed by atoms with van der Waals surface area (Å²) >= 11 is 0. The first kappa shape index (κ1) is 15.6. The Morgan fingerprint density at radius 1 is 1.37 bits per heavy atom. The molecule has 1 aromatic carbocycles. The van der Waals surface area contributed by atoms with Crippen LogP contribution >= 0.6 is 0 Å². The SMILES string of the molecule is C=C(OCC)C(C)(C)Oc1ccc(CNC)cc1C. The molecule has 0 aliphatic rings. The molecule has 3 heteroatoms. The van der Waals surface area contributed by atoms with E-state index in [1.165, 1.54) is 5.56 Å². The number of ether oxygens (including phenoxy) is 2. The Bertz CT molecular complexity index is 438. The number of nitrogens with one attached hydrogen (secondary N) is 1. The lowest BCUT2D eigenvalue weighted by Crippen LogP contribution is -2.32. The highest BCUT2D eigenvalue weighted by Crippen LogP contribution is 2.27. The maximum Gasteiger partial charge on any atom is 0.159 e. The molecule has 0 radical (unpaired) electrons. The van der Waals surface area contributed by atoms with Crippen LogP contribution in [-0.4, -0.2) is 19.3 Å². The maximum absolute atomic E-state index is 6.04. The summed E-state index contributed by atoms with van der Waals surface area (Å²) in [6.45, 7) is 13.3. The lowest BCUT2D eigenvalue weighted by Gasteiger charge is -2.29. The Kier molecular flexibility index (Phi) is 5.43. The van der Waals surface area contributed by atoms with Crippen LogP contribution in [-0.2, 0) is 11.3 Å². The van der Waals surface area contributed by atoms with Crippen molar-refractivity contribution in [1.29, 1.82) is 0 Å². The molecular formula is C16H25NO2. The van der Waals surface area contributed by atoms with Gasteiger partial charge in [-0.05, 0) is 51.9 Å². The lowest BCUT2D eigenvalue weighted by atomic mass is 10.1. The molecule has 0 spiro atoms. The molecule has 106 valence electrons. The molecule has 0 amide bonds. The van der Waals surface area contributed by atoms with Crippen LogP contribution in [0.1, 0.15) is 31.9 Å². The van der Waals surface area contributed by atoms with Crippen molar-refractivity contribution < 1.29 is 9.47 Å². The quantitative estimate of drug-likeness (QED) is 0.765. The van der Waals surface area contributed by atoms with Crippen LogP contribution in [0.2, 0.25) is 0 Å². The van der Waals surface area contributed by atoms with E-state index in [4.69, 9.17) is 9.47 Å². The summed E-state index contributed by atoms with van der Waals surface area (Å²) in [6, 6.07) is 6.20. The zero-order chi connectivity index (χ0) is 14.5. The normalized spacial score (nSPS) is 11.2. The third-order valence-corrected chi connectivity index (χ3v) is 2.98. The van der Waals surface area contributed by atoms with Gasteiger partial charge in [0, 0.05) is 6.54 Å². The van der Waals surface area contributed by atoms with Gasteiger partial charge in [-0.3, -0.25) is 0 Å². The van der Waals surface area contributed by atoms with Gasteiger partial charge >= 0.3 is 0 Å². The van der Waals surface area contributed by atoms with Crippen LogP contribution in [0, 0.1) is 6.92 Å². The van der Waals surface area contributed by atoms with E-state index in [1.807, 2.05) is 40.8 Å². The van der Waals surface area contributed by atoms with Gasteiger partial charge in [0.2, 0.25) is 0 Å². The first-order chi connectivity index (χ1) is 8.90. The summed E-state index contributed by atoms with van der Waals surface area (Å²) in [4.78, 5) is 0. The van der Waals surface area contributed by atoms with E-state index in [9.17, 15) is 0 Å². The van der Waals surface area contributed by atoms with Crippen LogP contribution in [0.15, 0.2) is 30.5 Å². The van der Waals surface area contributed by atoms with E-state index < -0.39 is 5.60 Å². The second-order valence-electron chi connectivity index (χ2n) is 5.10. The van der Waals surface area contributed by atoms with Crippen LogP contribution in [0.5, 0.6) is 5.75 Å². The van der Waals surface area contributed by atoms with Crippen LogP contribution < -0.4 is 10.1 Å². The van der Waals surface area contributed by atoms with E-state index >= 15 is 0 Å². The topological polar surface area (TPSA) is 30.5 Å². The van der Waals surface area contributed by atoms with Gasteiger partial charge in [-0.25, -0.2) is 0 Å². The van der Waals surface area contributed by atoms with Crippen molar-refractivity contribution in [3.8, 4) is 5.75 Å². The average Bonchev–Trinajstić information content (AvgIpc) is 2.33. The van der Waals surface area contributed by atoms with Crippen molar-refractivity contribution in [2.24, 2.45) is 0 Å². The standard InChI is InChI=1S/C16H25NO2/c1-7-18-13(3)16(4,5)19-15-9-8-14(11-17-6)10-12(15)2/h8-10,17H,3,7,11H2,1-2,4-6H3. The zero-order valence-corrected chi connectivity index (χ0v) is 12.7. The molecule has 0 atom stereocenters. The van der Waals surface area contributed by atoms with Crippen molar-refractivity contribution in [1.82, 2.24) is 5.32 Å².